The number of Topliss-reactive ketones (excluding diaryl/α,β-unsaturated/α-hetero) is 1. The van der Waals surface area contributed by atoms with E-state index in [2.05, 4.69) is 11.9 Å². The Labute approximate surface area is 67.6 Å². The zero-order valence-corrected chi connectivity index (χ0v) is 7.26. The Bertz CT molecular complexity index is 186. The third-order valence-corrected chi connectivity index (χ3v) is 3.14. The summed E-state index contributed by atoms with van der Waals surface area (Å²) in [6.07, 6.45) is 2.32. The van der Waals surface area contributed by atoms with Gasteiger partial charge in [-0.15, -0.1) is 0 Å². The molecule has 2 nitrogen and oxygen atoms in total. The van der Waals surface area contributed by atoms with Gasteiger partial charge < -0.3 is 4.90 Å². The van der Waals surface area contributed by atoms with Gasteiger partial charge in [0, 0.05) is 19.0 Å². The number of ketones is 1. The van der Waals surface area contributed by atoms with Crippen LogP contribution < -0.4 is 0 Å². The van der Waals surface area contributed by atoms with E-state index in [9.17, 15) is 4.79 Å². The molecule has 0 amide bonds. The Balaban J connectivity index is 1.84. The summed E-state index contributed by atoms with van der Waals surface area (Å²) in [5.74, 6) is 0.800. The third-order valence-electron chi connectivity index (χ3n) is 3.14. The molecule has 11 heavy (non-hydrogen) atoms. The predicted octanol–water partition coefficient (Wildman–Crippen LogP) is 0.917. The van der Waals surface area contributed by atoms with Crippen LogP contribution in [0.1, 0.15) is 19.8 Å². The third kappa shape index (κ3) is 1.00. The molecular formula is C9H15NO. The minimum Gasteiger partial charge on any atom is -0.305 e. The number of hydrogen-bond donors (Lipinski definition) is 0. The van der Waals surface area contributed by atoms with Gasteiger partial charge in [-0.05, 0) is 32.2 Å². The maximum absolute atomic E-state index is 10.9. The van der Waals surface area contributed by atoms with Gasteiger partial charge >= 0.3 is 0 Å². The predicted molar refractivity (Wildman–Crippen MR) is 43.3 cm³/mol. The molecule has 0 radical (unpaired) electrons. The van der Waals surface area contributed by atoms with Gasteiger partial charge in [0.05, 0.1) is 0 Å². The smallest absolute Gasteiger partial charge is 0.132 e. The highest BCUT2D eigenvalue weighted by atomic mass is 16.1. The molecule has 0 N–H and O–H groups in total. The quantitative estimate of drug-likeness (QED) is 0.558. The van der Waals surface area contributed by atoms with E-state index in [1.807, 2.05) is 0 Å². The van der Waals surface area contributed by atoms with Crippen LogP contribution in [0.3, 0.4) is 0 Å². The molecule has 1 heterocycles. The van der Waals surface area contributed by atoms with Gasteiger partial charge in [-0.25, -0.2) is 0 Å². The fourth-order valence-electron chi connectivity index (χ4n) is 2.63. The van der Waals surface area contributed by atoms with Gasteiger partial charge in [0.15, 0.2) is 0 Å². The Kier molecular flexibility index (Phi) is 1.37. The van der Waals surface area contributed by atoms with Crippen molar-refractivity contribution in [2.75, 3.05) is 20.1 Å². The Morgan fingerprint density at radius 1 is 1.45 bits per heavy atom. The largest absolute Gasteiger partial charge is 0.305 e. The van der Waals surface area contributed by atoms with Gasteiger partial charge in [-0.2, -0.15) is 0 Å². The second-order valence-corrected chi connectivity index (χ2v) is 4.39. The van der Waals surface area contributed by atoms with E-state index >= 15 is 0 Å². The zero-order chi connectivity index (χ0) is 8.06. The molecule has 0 aromatic rings. The molecule has 2 fully saturated rings. The first-order valence-electron chi connectivity index (χ1n) is 4.30. The van der Waals surface area contributed by atoms with Crippen molar-refractivity contribution in [3.05, 3.63) is 0 Å². The van der Waals surface area contributed by atoms with E-state index in [1.165, 1.54) is 13.1 Å². The molecule has 1 aliphatic carbocycles. The van der Waals surface area contributed by atoms with Crippen LogP contribution >= 0.6 is 0 Å². The summed E-state index contributed by atoms with van der Waals surface area (Å²) in [5.41, 5.74) is 0.574. The second kappa shape index (κ2) is 2.07. The highest BCUT2D eigenvalue weighted by Crippen LogP contribution is 2.51. The molecule has 0 bridgehead atoms. The monoisotopic (exact) mass is 153 g/mol. The molecule has 0 aromatic heterocycles. The van der Waals surface area contributed by atoms with Crippen molar-refractivity contribution in [1.82, 2.24) is 4.90 Å². The summed E-state index contributed by atoms with van der Waals surface area (Å²) in [7, 11) is 2.15. The SMILES string of the molecule is CC(=O)C1CC2(C1)CN(C)C2. The molecule has 2 heteroatoms. The van der Waals surface area contributed by atoms with E-state index in [-0.39, 0.29) is 0 Å². The zero-order valence-electron chi connectivity index (χ0n) is 7.26. The summed E-state index contributed by atoms with van der Waals surface area (Å²) in [6, 6.07) is 0. The second-order valence-electron chi connectivity index (χ2n) is 4.39. The summed E-state index contributed by atoms with van der Waals surface area (Å²) in [5, 5.41) is 0. The first-order valence-corrected chi connectivity index (χ1v) is 4.30. The number of carbonyl (C=O) groups excluding carboxylic acids is 1. The molecule has 62 valence electrons. The minimum atomic E-state index is 0.394. The Hall–Kier alpha value is -0.370. The fourth-order valence-corrected chi connectivity index (χ4v) is 2.63. The lowest BCUT2D eigenvalue weighted by Gasteiger charge is -2.57. The minimum absolute atomic E-state index is 0.394. The van der Waals surface area contributed by atoms with E-state index in [1.54, 1.807) is 6.92 Å². The standard InChI is InChI=1S/C9H15NO/c1-7(11)8-3-9(4-8)5-10(2)6-9/h8H,3-6H2,1-2H3. The molecular weight excluding hydrogens is 138 g/mol. The summed E-state index contributed by atoms with van der Waals surface area (Å²) >= 11 is 0. The first-order chi connectivity index (χ1) is 5.11. The molecule has 1 spiro atoms. The van der Waals surface area contributed by atoms with Crippen molar-refractivity contribution in [3.63, 3.8) is 0 Å². The maximum Gasteiger partial charge on any atom is 0.132 e. The van der Waals surface area contributed by atoms with Gasteiger partial charge in [0.1, 0.15) is 5.78 Å². The van der Waals surface area contributed by atoms with Crippen molar-refractivity contribution >= 4 is 5.78 Å². The number of carbonyl (C=O) groups is 1. The topological polar surface area (TPSA) is 20.3 Å². The lowest BCUT2D eigenvalue weighted by molar-refractivity contribution is -0.138. The number of rotatable bonds is 1. The maximum atomic E-state index is 10.9. The summed E-state index contributed by atoms with van der Waals surface area (Å²) in [6.45, 7) is 4.16. The molecule has 2 aliphatic rings. The van der Waals surface area contributed by atoms with Crippen LogP contribution in [0.2, 0.25) is 0 Å². The van der Waals surface area contributed by atoms with Crippen LogP contribution in [-0.4, -0.2) is 30.8 Å². The van der Waals surface area contributed by atoms with Crippen molar-refractivity contribution in [1.29, 1.82) is 0 Å². The van der Waals surface area contributed by atoms with Crippen molar-refractivity contribution in [2.24, 2.45) is 11.3 Å². The summed E-state index contributed by atoms with van der Waals surface area (Å²) < 4.78 is 0. The molecule has 0 atom stereocenters. The van der Waals surface area contributed by atoms with Gasteiger partial charge in [0.2, 0.25) is 0 Å². The van der Waals surface area contributed by atoms with Gasteiger partial charge in [-0.1, -0.05) is 0 Å². The molecule has 0 unspecified atom stereocenters. The average molecular weight is 153 g/mol. The van der Waals surface area contributed by atoms with E-state index in [4.69, 9.17) is 0 Å². The first kappa shape index (κ1) is 7.29. The van der Waals surface area contributed by atoms with Gasteiger partial charge in [0.25, 0.3) is 0 Å². The highest BCUT2D eigenvalue weighted by molar-refractivity contribution is 5.79. The van der Waals surface area contributed by atoms with Crippen LogP contribution in [0, 0.1) is 11.3 Å². The van der Waals surface area contributed by atoms with Crippen LogP contribution in [-0.2, 0) is 4.79 Å². The van der Waals surface area contributed by atoms with E-state index < -0.39 is 0 Å². The summed E-state index contributed by atoms with van der Waals surface area (Å²) in [4.78, 5) is 13.3. The Morgan fingerprint density at radius 3 is 2.36 bits per heavy atom. The number of hydrogen-bond acceptors (Lipinski definition) is 2. The van der Waals surface area contributed by atoms with Crippen LogP contribution in [0.5, 0.6) is 0 Å². The average Bonchev–Trinajstić information content (AvgIpc) is 1.73. The highest BCUT2D eigenvalue weighted by Gasteiger charge is 2.52. The Morgan fingerprint density at radius 2 is 2.00 bits per heavy atom. The lowest BCUT2D eigenvalue weighted by Crippen LogP contribution is -2.61. The van der Waals surface area contributed by atoms with Gasteiger partial charge in [-0.3, -0.25) is 4.79 Å². The van der Waals surface area contributed by atoms with Crippen LogP contribution in [0.15, 0.2) is 0 Å². The lowest BCUT2D eigenvalue weighted by atomic mass is 9.57. The number of likely N-dealkylation sites (tertiary alicyclic amines) is 1. The molecule has 2 rings (SSSR count). The molecule has 1 saturated heterocycles. The van der Waals surface area contributed by atoms with E-state index in [0.29, 0.717) is 17.1 Å². The molecule has 1 aliphatic heterocycles. The number of nitrogens with zero attached hydrogens (tertiary/aromatic N) is 1. The van der Waals surface area contributed by atoms with Crippen molar-refractivity contribution in [3.8, 4) is 0 Å². The fraction of sp³-hybridized carbons (Fsp3) is 0.889. The molecule has 0 aromatic carbocycles. The normalized spacial score (nSPS) is 29.6. The van der Waals surface area contributed by atoms with Crippen molar-refractivity contribution < 1.29 is 4.79 Å². The van der Waals surface area contributed by atoms with E-state index in [0.717, 1.165) is 12.8 Å². The van der Waals surface area contributed by atoms with Crippen LogP contribution in [0.4, 0.5) is 0 Å². The van der Waals surface area contributed by atoms with Crippen molar-refractivity contribution in [2.45, 2.75) is 19.8 Å². The molecule has 1 saturated carbocycles. The van der Waals surface area contributed by atoms with Crippen LogP contribution in [0.25, 0.3) is 0 Å².